The van der Waals surface area contributed by atoms with Crippen molar-refractivity contribution in [1.82, 2.24) is 4.90 Å². The van der Waals surface area contributed by atoms with Crippen molar-refractivity contribution in [1.29, 1.82) is 0 Å². The summed E-state index contributed by atoms with van der Waals surface area (Å²) in [5.74, 6) is -1.28. The van der Waals surface area contributed by atoms with E-state index in [0.29, 0.717) is 30.0 Å². The summed E-state index contributed by atoms with van der Waals surface area (Å²) in [6, 6.07) is 6.51. The third-order valence-electron chi connectivity index (χ3n) is 5.90. The fourth-order valence-electron chi connectivity index (χ4n) is 4.39. The van der Waals surface area contributed by atoms with Crippen LogP contribution in [-0.4, -0.2) is 43.6 Å². The van der Waals surface area contributed by atoms with Crippen LogP contribution in [0.3, 0.4) is 0 Å². The van der Waals surface area contributed by atoms with E-state index in [0.717, 1.165) is 16.9 Å². The number of carbonyl (C=O) groups is 2. The van der Waals surface area contributed by atoms with Crippen LogP contribution in [0.4, 0.5) is 4.39 Å². The fraction of sp³-hybridized carbons (Fsp3) is 0.455. The molecule has 1 heterocycles. The zero-order chi connectivity index (χ0) is 22.8. The van der Waals surface area contributed by atoms with E-state index in [1.807, 2.05) is 25.1 Å². The highest BCUT2D eigenvalue weighted by atomic mass is 35.5. The molecule has 9 heteroatoms. The molecule has 1 amide bonds. The van der Waals surface area contributed by atoms with Crippen LogP contribution < -0.4 is 10.5 Å². The second-order valence-electron chi connectivity index (χ2n) is 8.01. The number of nitrogens with zero attached hydrogens (tertiary/aromatic N) is 1. The Kier molecular flexibility index (Phi) is 7.24. The van der Waals surface area contributed by atoms with Crippen LogP contribution in [0.5, 0.6) is 5.75 Å². The van der Waals surface area contributed by atoms with E-state index in [1.165, 1.54) is 24.6 Å². The Morgan fingerprint density at radius 1 is 1.32 bits per heavy atom. The molecule has 6 nitrogen and oxygen atoms in total. The maximum atomic E-state index is 13.8. The van der Waals surface area contributed by atoms with Crippen LogP contribution >= 0.6 is 22.9 Å². The van der Waals surface area contributed by atoms with Gasteiger partial charge in [0.2, 0.25) is 0 Å². The number of esters is 1. The lowest BCUT2D eigenvalue weighted by Crippen LogP contribution is -2.51. The van der Waals surface area contributed by atoms with E-state index in [-0.39, 0.29) is 29.1 Å². The number of amides is 1. The molecule has 168 valence electrons. The van der Waals surface area contributed by atoms with Gasteiger partial charge in [-0.3, -0.25) is 4.79 Å². The molecule has 0 bridgehead atoms. The summed E-state index contributed by atoms with van der Waals surface area (Å²) in [6.45, 7) is 0. The lowest BCUT2D eigenvalue weighted by atomic mass is 9.73. The lowest BCUT2D eigenvalue weighted by molar-refractivity contribution is -0.142. The maximum absolute atomic E-state index is 13.8. The molecule has 1 aliphatic rings. The van der Waals surface area contributed by atoms with Gasteiger partial charge in [-0.2, -0.15) is 0 Å². The first-order valence-electron chi connectivity index (χ1n) is 9.94. The standard InChI is InChI=1S/C22H26ClFN2O4S/c1-26(2)17(14-5-4-6-15(24)11-14)13-7-9-22(10-8-13,21(25)28)30-20(27)16-12-31-19(23)18(16)29-3/h4-6,11-13,17H,7-10H2,1-3H3,(H2,25,28). The van der Waals surface area contributed by atoms with Gasteiger partial charge in [0.25, 0.3) is 5.91 Å². The summed E-state index contributed by atoms with van der Waals surface area (Å²) in [5.41, 5.74) is 5.33. The fourth-order valence-corrected chi connectivity index (χ4v) is 5.43. The monoisotopic (exact) mass is 468 g/mol. The number of halogens is 2. The van der Waals surface area contributed by atoms with Crippen LogP contribution in [0.15, 0.2) is 29.6 Å². The second-order valence-corrected chi connectivity index (χ2v) is 9.49. The highest BCUT2D eigenvalue weighted by Gasteiger charge is 2.46. The predicted octanol–water partition coefficient (Wildman–Crippen LogP) is 4.42. The van der Waals surface area contributed by atoms with Gasteiger partial charge < -0.3 is 20.1 Å². The molecule has 0 aliphatic heterocycles. The van der Waals surface area contributed by atoms with Crippen molar-refractivity contribution in [2.75, 3.05) is 21.2 Å². The Morgan fingerprint density at radius 3 is 2.55 bits per heavy atom. The second kappa shape index (κ2) is 9.54. The molecule has 1 aromatic carbocycles. The minimum atomic E-state index is -1.40. The molecule has 2 aromatic rings. The number of primary amides is 1. The minimum Gasteiger partial charge on any atom is -0.493 e. The van der Waals surface area contributed by atoms with E-state index in [2.05, 4.69) is 0 Å². The number of carbonyl (C=O) groups excluding carboxylic acids is 2. The summed E-state index contributed by atoms with van der Waals surface area (Å²) in [7, 11) is 5.30. The molecule has 1 atom stereocenters. The first-order chi connectivity index (χ1) is 14.7. The molecular weight excluding hydrogens is 443 g/mol. The van der Waals surface area contributed by atoms with Gasteiger partial charge in [0.1, 0.15) is 15.7 Å². The summed E-state index contributed by atoms with van der Waals surface area (Å²) in [4.78, 5) is 27.2. The first kappa shape index (κ1) is 23.5. The minimum absolute atomic E-state index is 0.0342. The number of nitrogens with two attached hydrogens (primary N) is 1. The average molecular weight is 469 g/mol. The quantitative estimate of drug-likeness (QED) is 0.608. The molecule has 3 rings (SSSR count). The summed E-state index contributed by atoms with van der Waals surface area (Å²) >= 11 is 7.19. The molecule has 1 aliphatic carbocycles. The summed E-state index contributed by atoms with van der Waals surface area (Å²) in [6.07, 6.45) is 1.77. The summed E-state index contributed by atoms with van der Waals surface area (Å²) < 4.78 is 25.0. The van der Waals surface area contributed by atoms with Crippen molar-refractivity contribution in [3.05, 3.63) is 50.9 Å². The van der Waals surface area contributed by atoms with E-state index in [9.17, 15) is 14.0 Å². The number of hydrogen-bond acceptors (Lipinski definition) is 6. The SMILES string of the molecule is COc1c(C(=O)OC2(C(N)=O)CCC(C(c3cccc(F)c3)N(C)C)CC2)csc1Cl. The number of rotatable bonds is 7. The van der Waals surface area contributed by atoms with E-state index >= 15 is 0 Å². The number of ether oxygens (including phenoxy) is 2. The first-order valence-corrected chi connectivity index (χ1v) is 11.2. The molecule has 0 saturated heterocycles. The Morgan fingerprint density at radius 2 is 2.00 bits per heavy atom. The molecule has 2 N–H and O–H groups in total. The number of methoxy groups -OCH3 is 1. The molecule has 1 saturated carbocycles. The largest absolute Gasteiger partial charge is 0.493 e. The topological polar surface area (TPSA) is 81.9 Å². The summed E-state index contributed by atoms with van der Waals surface area (Å²) in [5, 5.41) is 1.54. The van der Waals surface area contributed by atoms with Crippen molar-refractivity contribution in [3.8, 4) is 5.75 Å². The third kappa shape index (κ3) is 4.86. The molecule has 0 radical (unpaired) electrons. The lowest BCUT2D eigenvalue weighted by Gasteiger charge is -2.41. The molecule has 0 spiro atoms. The Hall–Kier alpha value is -2.16. The van der Waals surface area contributed by atoms with Crippen LogP contribution in [0.2, 0.25) is 4.34 Å². The van der Waals surface area contributed by atoms with Gasteiger partial charge in [-0.15, -0.1) is 11.3 Å². The van der Waals surface area contributed by atoms with E-state index in [4.69, 9.17) is 26.8 Å². The van der Waals surface area contributed by atoms with Crippen molar-refractivity contribution >= 4 is 34.8 Å². The van der Waals surface area contributed by atoms with Gasteiger partial charge >= 0.3 is 5.97 Å². The van der Waals surface area contributed by atoms with Gasteiger partial charge in [0, 0.05) is 11.4 Å². The van der Waals surface area contributed by atoms with Gasteiger partial charge in [-0.25, -0.2) is 9.18 Å². The predicted molar refractivity (Wildman–Crippen MR) is 118 cm³/mol. The highest BCUT2D eigenvalue weighted by Crippen LogP contribution is 2.43. The zero-order valence-corrected chi connectivity index (χ0v) is 19.3. The Labute approximate surface area is 190 Å². The Balaban J connectivity index is 1.78. The number of benzene rings is 1. The van der Waals surface area contributed by atoms with Crippen molar-refractivity contribution in [2.45, 2.75) is 37.3 Å². The average Bonchev–Trinajstić information content (AvgIpc) is 3.10. The van der Waals surface area contributed by atoms with E-state index in [1.54, 1.807) is 6.07 Å². The van der Waals surface area contributed by atoms with Gasteiger partial charge in [0.15, 0.2) is 11.4 Å². The van der Waals surface area contributed by atoms with Gasteiger partial charge in [0.05, 0.1) is 7.11 Å². The van der Waals surface area contributed by atoms with Gasteiger partial charge in [-0.1, -0.05) is 23.7 Å². The van der Waals surface area contributed by atoms with Crippen LogP contribution in [0.1, 0.15) is 47.6 Å². The number of hydrogen-bond donors (Lipinski definition) is 1. The van der Waals surface area contributed by atoms with E-state index < -0.39 is 17.5 Å². The number of thiophene rings is 1. The molecule has 1 unspecified atom stereocenters. The van der Waals surface area contributed by atoms with Gasteiger partial charge in [-0.05, 0) is 63.4 Å². The maximum Gasteiger partial charge on any atom is 0.343 e. The Bertz CT molecular complexity index is 957. The third-order valence-corrected chi connectivity index (χ3v) is 7.08. The zero-order valence-electron chi connectivity index (χ0n) is 17.7. The molecule has 1 aromatic heterocycles. The molecule has 1 fully saturated rings. The van der Waals surface area contributed by atoms with Crippen molar-refractivity contribution in [2.24, 2.45) is 11.7 Å². The smallest absolute Gasteiger partial charge is 0.343 e. The van der Waals surface area contributed by atoms with Crippen molar-refractivity contribution < 1.29 is 23.5 Å². The highest BCUT2D eigenvalue weighted by molar-refractivity contribution is 7.15. The van der Waals surface area contributed by atoms with Crippen LogP contribution in [0, 0.1) is 11.7 Å². The van der Waals surface area contributed by atoms with Crippen LogP contribution in [-0.2, 0) is 9.53 Å². The molecule has 31 heavy (non-hydrogen) atoms. The normalized spacial score (nSPS) is 22.2. The molecular formula is C22H26ClFN2O4S. The van der Waals surface area contributed by atoms with Crippen LogP contribution in [0.25, 0.3) is 0 Å². The van der Waals surface area contributed by atoms with Crippen molar-refractivity contribution in [3.63, 3.8) is 0 Å².